The van der Waals surface area contributed by atoms with E-state index in [1.165, 1.54) is 11.8 Å². The minimum Gasteiger partial charge on any atom is -0.399 e. The molecule has 2 aromatic rings. The van der Waals surface area contributed by atoms with Crippen molar-refractivity contribution in [2.75, 3.05) is 16.8 Å². The molecule has 1 aliphatic rings. The molecule has 1 aliphatic carbocycles. The Balaban J connectivity index is 1.59. The van der Waals surface area contributed by atoms with Crippen molar-refractivity contribution < 1.29 is 4.79 Å². The number of carbonyl (C=O) groups excluding carboxylic acids is 1. The Bertz CT molecular complexity index is 672. The van der Waals surface area contributed by atoms with E-state index in [-0.39, 0.29) is 11.7 Å². The number of tetrazole rings is 1. The normalized spacial score (nSPS) is 14.1. The highest BCUT2D eigenvalue weighted by Crippen LogP contribution is 2.36. The molecule has 1 amide bonds. The van der Waals surface area contributed by atoms with Crippen LogP contribution in [0.25, 0.3) is 0 Å². The average Bonchev–Trinajstić information content (AvgIpc) is 3.19. The molecular weight excluding hydrogens is 312 g/mol. The number of benzene rings is 1. The predicted molar refractivity (Wildman–Crippen MR) is 81.3 cm³/mol. The number of rotatable bonds is 5. The first-order valence-electron chi connectivity index (χ1n) is 6.39. The lowest BCUT2D eigenvalue weighted by atomic mass is 10.3. The van der Waals surface area contributed by atoms with E-state index < -0.39 is 0 Å². The van der Waals surface area contributed by atoms with Gasteiger partial charge in [-0.1, -0.05) is 23.4 Å². The van der Waals surface area contributed by atoms with Crippen molar-refractivity contribution in [2.24, 2.45) is 0 Å². The van der Waals surface area contributed by atoms with Gasteiger partial charge in [0.25, 0.3) is 0 Å². The van der Waals surface area contributed by atoms with Crippen molar-refractivity contribution in [1.82, 2.24) is 20.2 Å². The fraction of sp³-hybridized carbons (Fsp3) is 0.333. The molecule has 1 saturated carbocycles. The van der Waals surface area contributed by atoms with Crippen LogP contribution in [0.15, 0.2) is 23.4 Å². The number of hydrogen-bond acceptors (Lipinski definition) is 6. The molecule has 0 atom stereocenters. The third-order valence-corrected chi connectivity index (χ3v) is 4.22. The van der Waals surface area contributed by atoms with E-state index in [1.54, 1.807) is 22.9 Å². The van der Waals surface area contributed by atoms with E-state index in [4.69, 9.17) is 17.3 Å². The fourth-order valence-corrected chi connectivity index (χ4v) is 2.69. The molecule has 0 aliphatic heterocycles. The standard InChI is InChI=1S/C12H13ClN6OS/c13-9-4-1-7(14)5-10(9)15-11(20)6-21-12-16-17-18-19(12)8-2-3-8/h1,4-5,8H,2-3,6,14H2,(H,15,20). The van der Waals surface area contributed by atoms with Crippen LogP contribution >= 0.6 is 23.4 Å². The molecule has 0 unspecified atom stereocenters. The molecular formula is C12H13ClN6OS. The van der Waals surface area contributed by atoms with Gasteiger partial charge in [-0.15, -0.1) is 5.10 Å². The van der Waals surface area contributed by atoms with Gasteiger partial charge in [-0.2, -0.15) is 0 Å². The van der Waals surface area contributed by atoms with Crippen LogP contribution in [0, 0.1) is 0 Å². The molecule has 9 heteroatoms. The van der Waals surface area contributed by atoms with Crippen LogP contribution in [0.3, 0.4) is 0 Å². The van der Waals surface area contributed by atoms with Crippen LogP contribution in [-0.4, -0.2) is 31.9 Å². The average molecular weight is 325 g/mol. The molecule has 3 N–H and O–H groups in total. The van der Waals surface area contributed by atoms with Crippen molar-refractivity contribution in [3.8, 4) is 0 Å². The minimum absolute atomic E-state index is 0.183. The first-order chi connectivity index (χ1) is 10.1. The highest BCUT2D eigenvalue weighted by molar-refractivity contribution is 7.99. The quantitative estimate of drug-likeness (QED) is 0.644. The Morgan fingerprint density at radius 1 is 1.52 bits per heavy atom. The zero-order valence-corrected chi connectivity index (χ0v) is 12.6. The summed E-state index contributed by atoms with van der Waals surface area (Å²) in [7, 11) is 0. The molecule has 3 rings (SSSR count). The molecule has 1 heterocycles. The number of nitrogens with zero attached hydrogens (tertiary/aromatic N) is 4. The number of nitrogens with one attached hydrogen (secondary N) is 1. The summed E-state index contributed by atoms with van der Waals surface area (Å²) in [5.74, 6) is 0.0240. The van der Waals surface area contributed by atoms with Crippen LogP contribution in [0.5, 0.6) is 0 Å². The Hall–Kier alpha value is -1.80. The Labute approximate surface area is 130 Å². The van der Waals surface area contributed by atoms with Crippen LogP contribution < -0.4 is 11.1 Å². The number of carbonyl (C=O) groups is 1. The summed E-state index contributed by atoms with van der Waals surface area (Å²) in [6.45, 7) is 0. The van der Waals surface area contributed by atoms with Gasteiger partial charge in [-0.3, -0.25) is 4.79 Å². The Morgan fingerprint density at radius 3 is 3.10 bits per heavy atom. The summed E-state index contributed by atoms with van der Waals surface area (Å²) in [6, 6.07) is 5.33. The van der Waals surface area contributed by atoms with Crippen molar-refractivity contribution >= 4 is 40.6 Å². The van der Waals surface area contributed by atoms with Gasteiger partial charge in [-0.05, 0) is 41.5 Å². The van der Waals surface area contributed by atoms with Gasteiger partial charge in [-0.25, -0.2) is 4.68 Å². The summed E-state index contributed by atoms with van der Waals surface area (Å²) < 4.78 is 1.77. The van der Waals surface area contributed by atoms with E-state index >= 15 is 0 Å². The third-order valence-electron chi connectivity index (χ3n) is 2.95. The van der Waals surface area contributed by atoms with E-state index in [0.29, 0.717) is 27.6 Å². The zero-order chi connectivity index (χ0) is 14.8. The lowest BCUT2D eigenvalue weighted by Gasteiger charge is -2.07. The van der Waals surface area contributed by atoms with Gasteiger partial charge in [0.15, 0.2) is 0 Å². The zero-order valence-electron chi connectivity index (χ0n) is 11.0. The maximum atomic E-state index is 12.0. The number of nitrogen functional groups attached to an aromatic ring is 1. The number of anilines is 2. The number of nitrogens with two attached hydrogens (primary N) is 1. The van der Waals surface area contributed by atoms with Crippen molar-refractivity contribution in [1.29, 1.82) is 0 Å². The molecule has 110 valence electrons. The molecule has 21 heavy (non-hydrogen) atoms. The molecule has 0 spiro atoms. The van der Waals surface area contributed by atoms with Crippen LogP contribution in [0.2, 0.25) is 5.02 Å². The molecule has 1 aromatic heterocycles. The maximum Gasteiger partial charge on any atom is 0.234 e. The summed E-state index contributed by atoms with van der Waals surface area (Å²) in [6.07, 6.45) is 2.17. The fourth-order valence-electron chi connectivity index (χ4n) is 1.78. The molecule has 1 fully saturated rings. The maximum absolute atomic E-state index is 12.0. The lowest BCUT2D eigenvalue weighted by Crippen LogP contribution is -2.15. The number of aromatic nitrogens is 4. The minimum atomic E-state index is -0.183. The lowest BCUT2D eigenvalue weighted by molar-refractivity contribution is -0.113. The summed E-state index contributed by atoms with van der Waals surface area (Å²) >= 11 is 7.30. The van der Waals surface area contributed by atoms with Crippen molar-refractivity contribution in [3.05, 3.63) is 23.2 Å². The molecule has 7 nitrogen and oxygen atoms in total. The number of thioether (sulfide) groups is 1. The van der Waals surface area contributed by atoms with Gasteiger partial charge in [0.1, 0.15) is 0 Å². The largest absolute Gasteiger partial charge is 0.399 e. The van der Waals surface area contributed by atoms with Crippen molar-refractivity contribution in [2.45, 2.75) is 24.0 Å². The van der Waals surface area contributed by atoms with Crippen LogP contribution in [0.4, 0.5) is 11.4 Å². The van der Waals surface area contributed by atoms with Gasteiger partial charge >= 0.3 is 0 Å². The molecule has 0 saturated heterocycles. The second-order valence-corrected chi connectivity index (χ2v) is 6.06. The third kappa shape index (κ3) is 3.45. The second-order valence-electron chi connectivity index (χ2n) is 4.71. The SMILES string of the molecule is Nc1ccc(Cl)c(NC(=O)CSc2nnnn2C2CC2)c1. The predicted octanol–water partition coefficient (Wildman–Crippen LogP) is 1.97. The molecule has 0 bridgehead atoms. The van der Waals surface area contributed by atoms with E-state index in [1.807, 2.05) is 0 Å². The smallest absolute Gasteiger partial charge is 0.234 e. The summed E-state index contributed by atoms with van der Waals surface area (Å²) in [5.41, 5.74) is 6.71. The summed E-state index contributed by atoms with van der Waals surface area (Å²) in [4.78, 5) is 12.0. The Morgan fingerprint density at radius 2 is 2.33 bits per heavy atom. The van der Waals surface area contributed by atoms with Gasteiger partial charge in [0.05, 0.1) is 22.5 Å². The summed E-state index contributed by atoms with van der Waals surface area (Å²) in [5, 5.41) is 15.3. The van der Waals surface area contributed by atoms with E-state index in [9.17, 15) is 4.79 Å². The highest BCUT2D eigenvalue weighted by Gasteiger charge is 2.28. The van der Waals surface area contributed by atoms with Gasteiger partial charge in [0, 0.05) is 5.69 Å². The highest BCUT2D eigenvalue weighted by atomic mass is 35.5. The number of amides is 1. The first kappa shape index (κ1) is 14.2. The molecule has 0 radical (unpaired) electrons. The van der Waals surface area contributed by atoms with E-state index in [2.05, 4.69) is 20.8 Å². The number of hydrogen-bond donors (Lipinski definition) is 2. The first-order valence-corrected chi connectivity index (χ1v) is 7.75. The second kappa shape index (κ2) is 5.90. The topological polar surface area (TPSA) is 98.7 Å². The van der Waals surface area contributed by atoms with Crippen LogP contribution in [-0.2, 0) is 4.79 Å². The van der Waals surface area contributed by atoms with E-state index in [0.717, 1.165) is 12.8 Å². The van der Waals surface area contributed by atoms with Crippen LogP contribution in [0.1, 0.15) is 18.9 Å². The van der Waals surface area contributed by atoms with Crippen molar-refractivity contribution in [3.63, 3.8) is 0 Å². The Kier molecular flexibility index (Phi) is 3.98. The monoisotopic (exact) mass is 324 g/mol. The number of halogens is 1. The van der Waals surface area contributed by atoms with Gasteiger partial charge in [0.2, 0.25) is 11.1 Å². The van der Waals surface area contributed by atoms with Gasteiger partial charge < -0.3 is 11.1 Å². The molecule has 1 aromatic carbocycles.